The van der Waals surface area contributed by atoms with Crippen molar-refractivity contribution in [2.75, 3.05) is 54.5 Å². The van der Waals surface area contributed by atoms with E-state index in [9.17, 15) is 0 Å². The lowest BCUT2D eigenvalue weighted by Crippen LogP contribution is -2.36. The van der Waals surface area contributed by atoms with E-state index in [1.807, 2.05) is 11.8 Å². The summed E-state index contributed by atoms with van der Waals surface area (Å²) >= 11 is 1.86. The van der Waals surface area contributed by atoms with Gasteiger partial charge in [0.15, 0.2) is 0 Å². The lowest BCUT2D eigenvalue weighted by atomic mass is 10.2. The molecule has 0 saturated carbocycles. The number of anilines is 4. The Kier molecular flexibility index (Phi) is 5.79. The summed E-state index contributed by atoms with van der Waals surface area (Å²) in [6.45, 7) is 10.3. The minimum absolute atomic E-state index is 0.816. The Balaban J connectivity index is 1.58. The molecule has 1 N–H and O–H groups in total. The average Bonchev–Trinajstić information content (AvgIpc) is 2.72. The second-order valence-electron chi connectivity index (χ2n) is 7.17. The predicted molar refractivity (Wildman–Crippen MR) is 116 cm³/mol. The molecule has 0 spiro atoms. The highest BCUT2D eigenvalue weighted by molar-refractivity contribution is 7.99. The van der Waals surface area contributed by atoms with Crippen LogP contribution >= 0.6 is 11.8 Å². The minimum atomic E-state index is 0.816. The number of nitrogens with one attached hydrogen (secondary N) is 1. The van der Waals surface area contributed by atoms with Gasteiger partial charge in [-0.2, -0.15) is 0 Å². The number of morpholine rings is 1. The first-order valence-corrected chi connectivity index (χ1v) is 10.9. The van der Waals surface area contributed by atoms with Crippen molar-refractivity contribution in [1.82, 2.24) is 0 Å². The first-order chi connectivity index (χ1) is 13.3. The maximum Gasteiger partial charge on any atom is 0.0642 e. The molecule has 1 saturated heterocycles. The molecule has 2 heterocycles. The molecular formula is C22H29N3OS. The van der Waals surface area contributed by atoms with Gasteiger partial charge in [0.25, 0.3) is 0 Å². The van der Waals surface area contributed by atoms with E-state index in [0.29, 0.717) is 0 Å². The third-order valence-electron chi connectivity index (χ3n) is 5.14. The molecule has 0 aliphatic carbocycles. The van der Waals surface area contributed by atoms with Crippen molar-refractivity contribution in [2.45, 2.75) is 36.5 Å². The lowest BCUT2D eigenvalue weighted by Gasteiger charge is -2.31. The summed E-state index contributed by atoms with van der Waals surface area (Å²) in [4.78, 5) is 7.50. The molecule has 4 nitrogen and oxygen atoms in total. The summed E-state index contributed by atoms with van der Waals surface area (Å²) in [7, 11) is 0. The molecule has 2 aromatic carbocycles. The molecule has 0 amide bonds. The maximum atomic E-state index is 5.49. The van der Waals surface area contributed by atoms with E-state index in [1.165, 1.54) is 45.4 Å². The number of rotatable bonds is 6. The lowest BCUT2D eigenvalue weighted by molar-refractivity contribution is 0.122. The topological polar surface area (TPSA) is 27.7 Å². The zero-order chi connectivity index (χ0) is 18.6. The molecule has 0 unspecified atom stereocenters. The summed E-state index contributed by atoms with van der Waals surface area (Å²) in [5, 5.41) is 3.69. The number of nitrogens with zero attached hydrogens (tertiary/aromatic N) is 2. The van der Waals surface area contributed by atoms with Gasteiger partial charge in [0, 0.05) is 47.3 Å². The van der Waals surface area contributed by atoms with E-state index in [0.717, 1.165) is 39.4 Å². The number of hydrogen-bond donors (Lipinski definition) is 1. The standard InChI is InChI=1S/C22H29N3OS/c1-3-9-24(10-4-2)17-5-7-21-19(15-17)23-20-16-18(6-8-22(20)27-21)25-11-13-26-14-12-25/h5-8,15-16,23H,3-4,9-14H2,1-2H3. The van der Waals surface area contributed by atoms with Gasteiger partial charge < -0.3 is 19.9 Å². The smallest absolute Gasteiger partial charge is 0.0642 e. The van der Waals surface area contributed by atoms with Crippen molar-refractivity contribution in [3.8, 4) is 0 Å². The summed E-state index contributed by atoms with van der Waals surface area (Å²) in [5.41, 5.74) is 5.04. The zero-order valence-corrected chi connectivity index (χ0v) is 17.1. The normalized spacial score (nSPS) is 15.7. The molecule has 4 rings (SSSR count). The largest absolute Gasteiger partial charge is 0.378 e. The van der Waals surface area contributed by atoms with Crippen LogP contribution in [0.3, 0.4) is 0 Å². The Morgan fingerprint density at radius 3 is 2.33 bits per heavy atom. The van der Waals surface area contributed by atoms with Gasteiger partial charge in [-0.1, -0.05) is 25.6 Å². The molecule has 0 aromatic heterocycles. The van der Waals surface area contributed by atoms with Crippen LogP contribution in [0.2, 0.25) is 0 Å². The van der Waals surface area contributed by atoms with Crippen LogP contribution in [0.25, 0.3) is 0 Å². The van der Waals surface area contributed by atoms with Gasteiger partial charge >= 0.3 is 0 Å². The van der Waals surface area contributed by atoms with E-state index in [2.05, 4.69) is 65.4 Å². The van der Waals surface area contributed by atoms with E-state index in [1.54, 1.807) is 0 Å². The van der Waals surface area contributed by atoms with Crippen LogP contribution in [0, 0.1) is 0 Å². The van der Waals surface area contributed by atoms with Crippen molar-refractivity contribution in [1.29, 1.82) is 0 Å². The highest BCUT2D eigenvalue weighted by atomic mass is 32.2. The Hall–Kier alpha value is -1.85. The van der Waals surface area contributed by atoms with Gasteiger partial charge in [0.1, 0.15) is 0 Å². The van der Waals surface area contributed by atoms with Gasteiger partial charge in [-0.3, -0.25) is 0 Å². The zero-order valence-electron chi connectivity index (χ0n) is 16.3. The fourth-order valence-electron chi connectivity index (χ4n) is 3.80. The van der Waals surface area contributed by atoms with Crippen molar-refractivity contribution in [3.05, 3.63) is 36.4 Å². The van der Waals surface area contributed by atoms with Crippen LogP contribution < -0.4 is 15.1 Å². The highest BCUT2D eigenvalue weighted by Gasteiger charge is 2.19. The van der Waals surface area contributed by atoms with Crippen LogP contribution in [-0.4, -0.2) is 39.4 Å². The molecule has 0 radical (unpaired) electrons. The monoisotopic (exact) mass is 383 g/mol. The maximum absolute atomic E-state index is 5.49. The molecule has 1 fully saturated rings. The number of fused-ring (bicyclic) bond motifs is 2. The van der Waals surface area contributed by atoms with Crippen molar-refractivity contribution in [2.24, 2.45) is 0 Å². The second kappa shape index (κ2) is 8.44. The van der Waals surface area contributed by atoms with E-state index in [4.69, 9.17) is 4.74 Å². The van der Waals surface area contributed by atoms with Crippen LogP contribution in [0.4, 0.5) is 22.7 Å². The van der Waals surface area contributed by atoms with Gasteiger partial charge in [0.05, 0.1) is 24.6 Å². The van der Waals surface area contributed by atoms with E-state index in [-0.39, 0.29) is 0 Å². The fraction of sp³-hybridized carbons (Fsp3) is 0.455. The number of ether oxygens (including phenoxy) is 1. The molecule has 2 aliphatic heterocycles. The van der Waals surface area contributed by atoms with Gasteiger partial charge in [-0.15, -0.1) is 0 Å². The van der Waals surface area contributed by atoms with Crippen LogP contribution in [0.5, 0.6) is 0 Å². The van der Waals surface area contributed by atoms with Crippen molar-refractivity contribution in [3.63, 3.8) is 0 Å². The highest BCUT2D eigenvalue weighted by Crippen LogP contribution is 2.46. The van der Waals surface area contributed by atoms with Crippen LogP contribution in [0.15, 0.2) is 46.2 Å². The molecule has 0 atom stereocenters. The first kappa shape index (κ1) is 18.5. The summed E-state index contributed by atoms with van der Waals surface area (Å²) in [5.74, 6) is 0. The summed E-state index contributed by atoms with van der Waals surface area (Å²) in [6, 6.07) is 13.6. The fourth-order valence-corrected chi connectivity index (χ4v) is 4.75. The molecular weight excluding hydrogens is 354 g/mol. The Labute approximate surface area is 166 Å². The van der Waals surface area contributed by atoms with Crippen molar-refractivity contribution < 1.29 is 4.74 Å². The average molecular weight is 384 g/mol. The first-order valence-electron chi connectivity index (χ1n) is 10.1. The number of benzene rings is 2. The summed E-state index contributed by atoms with van der Waals surface area (Å²) in [6.07, 6.45) is 2.34. The molecule has 27 heavy (non-hydrogen) atoms. The molecule has 0 bridgehead atoms. The van der Waals surface area contributed by atoms with Crippen molar-refractivity contribution >= 4 is 34.5 Å². The Bertz CT molecular complexity index is 783. The third kappa shape index (κ3) is 4.04. The molecule has 144 valence electrons. The summed E-state index contributed by atoms with van der Waals surface area (Å²) < 4.78 is 5.49. The van der Waals surface area contributed by atoms with Gasteiger partial charge in [-0.05, 0) is 49.2 Å². The minimum Gasteiger partial charge on any atom is -0.378 e. The Morgan fingerprint density at radius 2 is 1.63 bits per heavy atom. The quantitative estimate of drug-likeness (QED) is 0.619. The van der Waals surface area contributed by atoms with Gasteiger partial charge in [0.2, 0.25) is 0 Å². The number of hydrogen-bond acceptors (Lipinski definition) is 5. The molecule has 2 aromatic rings. The van der Waals surface area contributed by atoms with Gasteiger partial charge in [-0.25, -0.2) is 0 Å². The Morgan fingerprint density at radius 1 is 0.963 bits per heavy atom. The molecule has 2 aliphatic rings. The van der Waals surface area contributed by atoms with Crippen LogP contribution in [0.1, 0.15) is 26.7 Å². The SMILES string of the molecule is CCCN(CCC)c1ccc2c(c1)Nc1cc(N3CCOCC3)ccc1S2. The second-order valence-corrected chi connectivity index (χ2v) is 8.26. The van der Waals surface area contributed by atoms with E-state index < -0.39 is 0 Å². The van der Waals surface area contributed by atoms with Crippen LogP contribution in [-0.2, 0) is 4.74 Å². The van der Waals surface area contributed by atoms with E-state index >= 15 is 0 Å². The predicted octanol–water partition coefficient (Wildman–Crippen LogP) is 5.36. The third-order valence-corrected chi connectivity index (χ3v) is 6.30. The molecule has 5 heteroatoms.